The van der Waals surface area contributed by atoms with Crippen molar-refractivity contribution in [3.8, 4) is 0 Å². The topological polar surface area (TPSA) is 12.0 Å². The SMILES string of the molecule is CCNCc1ccc(Sc2ccc(F)c(F)c2)c(Cl)c1. The van der Waals surface area contributed by atoms with Gasteiger partial charge in [-0.25, -0.2) is 8.78 Å². The third-order valence-corrected chi connectivity index (χ3v) is 4.18. The van der Waals surface area contributed by atoms with Crippen molar-refractivity contribution >= 4 is 23.4 Å². The van der Waals surface area contributed by atoms with Crippen molar-refractivity contribution < 1.29 is 8.78 Å². The van der Waals surface area contributed by atoms with Crippen LogP contribution in [0.1, 0.15) is 12.5 Å². The summed E-state index contributed by atoms with van der Waals surface area (Å²) in [4.78, 5) is 1.43. The van der Waals surface area contributed by atoms with Crippen LogP contribution < -0.4 is 5.32 Å². The molecule has 1 nitrogen and oxygen atoms in total. The van der Waals surface area contributed by atoms with Crippen molar-refractivity contribution in [1.29, 1.82) is 0 Å². The van der Waals surface area contributed by atoms with Gasteiger partial charge in [-0.1, -0.05) is 36.4 Å². The first-order chi connectivity index (χ1) is 9.60. The lowest BCUT2D eigenvalue weighted by Gasteiger charge is -2.08. The summed E-state index contributed by atoms with van der Waals surface area (Å²) in [6.45, 7) is 3.68. The van der Waals surface area contributed by atoms with Gasteiger partial charge in [-0.15, -0.1) is 0 Å². The largest absolute Gasteiger partial charge is 0.313 e. The van der Waals surface area contributed by atoms with Crippen LogP contribution >= 0.6 is 23.4 Å². The summed E-state index contributed by atoms with van der Waals surface area (Å²) >= 11 is 7.52. The van der Waals surface area contributed by atoms with Crippen molar-refractivity contribution in [3.05, 3.63) is 58.6 Å². The predicted octanol–water partition coefficient (Wildman–Crippen LogP) is 4.88. The Hall–Kier alpha value is -1.10. The van der Waals surface area contributed by atoms with E-state index in [4.69, 9.17) is 11.6 Å². The van der Waals surface area contributed by atoms with Gasteiger partial charge < -0.3 is 5.32 Å². The first-order valence-corrected chi connectivity index (χ1v) is 7.41. The molecule has 1 N–H and O–H groups in total. The van der Waals surface area contributed by atoms with Crippen LogP contribution in [0.15, 0.2) is 46.2 Å². The monoisotopic (exact) mass is 313 g/mol. The summed E-state index contributed by atoms with van der Waals surface area (Å²) in [5, 5.41) is 3.82. The summed E-state index contributed by atoms with van der Waals surface area (Å²) in [5.74, 6) is -1.70. The second-order valence-electron chi connectivity index (χ2n) is 4.22. The molecule has 2 aromatic carbocycles. The zero-order chi connectivity index (χ0) is 14.5. The molecule has 0 aliphatic carbocycles. The van der Waals surface area contributed by atoms with Crippen LogP contribution in [-0.2, 0) is 6.54 Å². The van der Waals surface area contributed by atoms with E-state index < -0.39 is 11.6 Å². The maximum absolute atomic E-state index is 13.2. The Bertz CT molecular complexity index is 604. The average molecular weight is 314 g/mol. The number of halogens is 3. The molecule has 106 valence electrons. The molecule has 0 aromatic heterocycles. The molecule has 0 heterocycles. The summed E-state index contributed by atoms with van der Waals surface area (Å²) in [7, 11) is 0. The van der Waals surface area contributed by atoms with Crippen LogP contribution in [-0.4, -0.2) is 6.54 Å². The normalized spacial score (nSPS) is 10.8. The highest BCUT2D eigenvalue weighted by Crippen LogP contribution is 2.34. The first-order valence-electron chi connectivity index (χ1n) is 6.22. The second kappa shape index (κ2) is 7.07. The maximum atomic E-state index is 13.2. The van der Waals surface area contributed by atoms with Gasteiger partial charge in [0.2, 0.25) is 0 Å². The number of hydrogen-bond donors (Lipinski definition) is 1. The van der Waals surface area contributed by atoms with E-state index in [1.54, 1.807) is 0 Å². The molecular weight excluding hydrogens is 300 g/mol. The van der Waals surface area contributed by atoms with Crippen LogP contribution in [0, 0.1) is 11.6 Å². The summed E-state index contributed by atoms with van der Waals surface area (Å²) in [6, 6.07) is 9.56. The highest BCUT2D eigenvalue weighted by molar-refractivity contribution is 7.99. The van der Waals surface area contributed by atoms with Gasteiger partial charge in [-0.05, 0) is 42.4 Å². The van der Waals surface area contributed by atoms with Gasteiger partial charge in [0.1, 0.15) is 0 Å². The fraction of sp³-hybridized carbons (Fsp3) is 0.200. The molecule has 0 atom stereocenters. The molecule has 0 aliphatic rings. The van der Waals surface area contributed by atoms with E-state index in [9.17, 15) is 8.78 Å². The Labute approximate surface area is 126 Å². The van der Waals surface area contributed by atoms with E-state index in [2.05, 4.69) is 5.32 Å². The highest BCUT2D eigenvalue weighted by atomic mass is 35.5. The molecule has 0 aliphatic heterocycles. The highest BCUT2D eigenvalue weighted by Gasteiger charge is 2.07. The maximum Gasteiger partial charge on any atom is 0.159 e. The number of nitrogens with one attached hydrogen (secondary N) is 1. The number of hydrogen-bond acceptors (Lipinski definition) is 2. The van der Waals surface area contributed by atoms with E-state index in [1.165, 1.54) is 23.9 Å². The lowest BCUT2D eigenvalue weighted by molar-refractivity contribution is 0.506. The molecule has 0 saturated heterocycles. The summed E-state index contributed by atoms with van der Waals surface area (Å²) in [6.07, 6.45) is 0. The average Bonchev–Trinajstić information content (AvgIpc) is 2.43. The Morgan fingerprint density at radius 2 is 1.90 bits per heavy atom. The standard InChI is InChI=1S/C15H14ClF2NS/c1-2-19-9-10-3-6-15(12(16)7-10)20-11-4-5-13(17)14(18)8-11/h3-8,19H,2,9H2,1H3. The molecule has 20 heavy (non-hydrogen) atoms. The van der Waals surface area contributed by atoms with E-state index >= 15 is 0 Å². The van der Waals surface area contributed by atoms with Crippen LogP contribution in [0.2, 0.25) is 5.02 Å². The van der Waals surface area contributed by atoms with Crippen LogP contribution in [0.5, 0.6) is 0 Å². The molecule has 0 unspecified atom stereocenters. The quantitative estimate of drug-likeness (QED) is 0.844. The zero-order valence-electron chi connectivity index (χ0n) is 10.9. The minimum absolute atomic E-state index is 0.607. The van der Waals surface area contributed by atoms with Crippen LogP contribution in [0.4, 0.5) is 8.78 Å². The van der Waals surface area contributed by atoms with Crippen molar-refractivity contribution in [1.82, 2.24) is 5.32 Å². The van der Waals surface area contributed by atoms with Gasteiger partial charge in [0, 0.05) is 16.3 Å². The molecule has 0 spiro atoms. The van der Waals surface area contributed by atoms with E-state index in [-0.39, 0.29) is 0 Å². The van der Waals surface area contributed by atoms with E-state index in [0.717, 1.165) is 29.6 Å². The predicted molar refractivity (Wildman–Crippen MR) is 79.3 cm³/mol. The number of rotatable bonds is 5. The molecule has 0 saturated carbocycles. The Kier molecular flexibility index (Phi) is 5.40. The first kappa shape index (κ1) is 15.3. The lowest BCUT2D eigenvalue weighted by Crippen LogP contribution is -2.11. The van der Waals surface area contributed by atoms with Gasteiger partial charge >= 0.3 is 0 Å². The minimum Gasteiger partial charge on any atom is -0.313 e. The van der Waals surface area contributed by atoms with Crippen molar-refractivity contribution in [3.63, 3.8) is 0 Å². The van der Waals surface area contributed by atoms with Crippen molar-refractivity contribution in [2.24, 2.45) is 0 Å². The van der Waals surface area contributed by atoms with Crippen LogP contribution in [0.3, 0.4) is 0 Å². The van der Waals surface area contributed by atoms with Crippen molar-refractivity contribution in [2.75, 3.05) is 6.54 Å². The molecule has 2 aromatic rings. The molecule has 2 rings (SSSR count). The third kappa shape index (κ3) is 3.95. The third-order valence-electron chi connectivity index (χ3n) is 2.69. The smallest absolute Gasteiger partial charge is 0.159 e. The van der Waals surface area contributed by atoms with Gasteiger partial charge in [-0.2, -0.15) is 0 Å². The fourth-order valence-electron chi connectivity index (χ4n) is 1.67. The van der Waals surface area contributed by atoms with E-state index in [0.29, 0.717) is 9.92 Å². The molecule has 0 radical (unpaired) electrons. The number of benzene rings is 2. The van der Waals surface area contributed by atoms with Crippen molar-refractivity contribution in [2.45, 2.75) is 23.3 Å². The van der Waals surface area contributed by atoms with Gasteiger partial charge in [0.05, 0.1) is 5.02 Å². The van der Waals surface area contributed by atoms with Crippen LogP contribution in [0.25, 0.3) is 0 Å². The minimum atomic E-state index is -0.852. The molecular formula is C15H14ClF2NS. The summed E-state index contributed by atoms with van der Waals surface area (Å²) < 4.78 is 26.0. The van der Waals surface area contributed by atoms with Gasteiger partial charge in [-0.3, -0.25) is 0 Å². The zero-order valence-corrected chi connectivity index (χ0v) is 12.5. The Morgan fingerprint density at radius 1 is 1.10 bits per heavy atom. The second-order valence-corrected chi connectivity index (χ2v) is 5.75. The molecule has 5 heteroatoms. The lowest BCUT2D eigenvalue weighted by atomic mass is 10.2. The molecule has 0 fully saturated rings. The molecule has 0 amide bonds. The van der Waals surface area contributed by atoms with Gasteiger partial charge in [0.15, 0.2) is 11.6 Å². The fourth-order valence-corrected chi connectivity index (χ4v) is 2.84. The van der Waals surface area contributed by atoms with E-state index in [1.807, 2.05) is 25.1 Å². The summed E-state index contributed by atoms with van der Waals surface area (Å²) in [5.41, 5.74) is 1.09. The Balaban J connectivity index is 2.14. The molecule has 0 bridgehead atoms. The Morgan fingerprint density at radius 3 is 2.55 bits per heavy atom. The van der Waals surface area contributed by atoms with Gasteiger partial charge in [0.25, 0.3) is 0 Å².